The van der Waals surface area contributed by atoms with Gasteiger partial charge in [-0.1, -0.05) is 17.3 Å². The summed E-state index contributed by atoms with van der Waals surface area (Å²) in [7, 11) is 0. The van der Waals surface area contributed by atoms with Crippen molar-refractivity contribution in [3.8, 4) is 5.75 Å². The van der Waals surface area contributed by atoms with Gasteiger partial charge in [-0.25, -0.2) is 5.84 Å². The van der Waals surface area contributed by atoms with Crippen molar-refractivity contribution in [3.63, 3.8) is 0 Å². The average Bonchev–Trinajstić information content (AvgIpc) is 2.76. The van der Waals surface area contributed by atoms with E-state index >= 15 is 0 Å². The summed E-state index contributed by atoms with van der Waals surface area (Å²) in [5.41, 5.74) is 5.04. The molecule has 0 atom stereocenters. The van der Waals surface area contributed by atoms with Crippen molar-refractivity contribution in [2.45, 2.75) is 27.4 Å². The van der Waals surface area contributed by atoms with Gasteiger partial charge in [0.1, 0.15) is 18.1 Å². The Morgan fingerprint density at radius 2 is 2.15 bits per heavy atom. The van der Waals surface area contributed by atoms with Crippen molar-refractivity contribution in [1.82, 2.24) is 10.6 Å². The Hall–Kier alpha value is -2.34. The molecule has 1 amide bonds. The molecule has 0 bridgehead atoms. The number of amides is 1. The van der Waals surface area contributed by atoms with E-state index < -0.39 is 0 Å². The summed E-state index contributed by atoms with van der Waals surface area (Å²) in [5.74, 6) is 6.01. The maximum Gasteiger partial charge on any atom is 0.268 e. The summed E-state index contributed by atoms with van der Waals surface area (Å²) < 4.78 is 10.9. The number of ether oxygens (including phenoxy) is 1. The molecule has 0 aliphatic carbocycles. The largest absolute Gasteiger partial charge is 0.488 e. The number of nitrogen functional groups attached to an aromatic ring is 1. The summed E-state index contributed by atoms with van der Waals surface area (Å²) in [4.78, 5) is 11.7. The van der Waals surface area contributed by atoms with Gasteiger partial charge in [0.2, 0.25) is 0 Å². The highest BCUT2D eigenvalue weighted by Gasteiger charge is 2.16. The fraction of sp³-hybridized carbons (Fsp3) is 0.286. The first-order valence-electron chi connectivity index (χ1n) is 6.19. The molecule has 1 heterocycles. The van der Waals surface area contributed by atoms with Gasteiger partial charge in [0.25, 0.3) is 5.91 Å². The third kappa shape index (κ3) is 2.65. The number of hydrogen-bond donors (Lipinski definition) is 2. The number of hydrazine groups is 1. The van der Waals surface area contributed by atoms with Gasteiger partial charge >= 0.3 is 0 Å². The molecule has 0 saturated heterocycles. The first kappa shape index (κ1) is 14.1. The minimum Gasteiger partial charge on any atom is -0.488 e. The predicted octanol–water partition coefficient (Wildman–Crippen LogP) is 1.78. The Bertz CT molecular complexity index is 615. The highest BCUT2D eigenvalue weighted by molar-refractivity contribution is 5.96. The molecule has 2 rings (SSSR count). The van der Waals surface area contributed by atoms with Gasteiger partial charge in [-0.15, -0.1) is 0 Å². The molecule has 0 spiro atoms. The number of aromatic nitrogens is 1. The van der Waals surface area contributed by atoms with Crippen molar-refractivity contribution in [2.24, 2.45) is 5.84 Å². The van der Waals surface area contributed by atoms with Gasteiger partial charge in [0.05, 0.1) is 16.8 Å². The van der Waals surface area contributed by atoms with Crippen molar-refractivity contribution in [2.75, 3.05) is 0 Å². The Balaban J connectivity index is 2.27. The second-order valence-electron chi connectivity index (χ2n) is 4.52. The number of hydrogen-bond acceptors (Lipinski definition) is 5. The van der Waals surface area contributed by atoms with Crippen LogP contribution >= 0.6 is 0 Å². The summed E-state index contributed by atoms with van der Waals surface area (Å²) in [6.07, 6.45) is 0. The lowest BCUT2D eigenvalue weighted by Crippen LogP contribution is -2.30. The fourth-order valence-electron chi connectivity index (χ4n) is 1.95. The highest BCUT2D eigenvalue weighted by atomic mass is 16.5. The van der Waals surface area contributed by atoms with Crippen LogP contribution in [0.4, 0.5) is 0 Å². The highest BCUT2D eigenvalue weighted by Crippen LogP contribution is 2.25. The lowest BCUT2D eigenvalue weighted by Gasteiger charge is -2.13. The molecule has 20 heavy (non-hydrogen) atoms. The predicted molar refractivity (Wildman–Crippen MR) is 73.1 cm³/mol. The molecule has 0 aliphatic rings. The average molecular weight is 275 g/mol. The molecule has 0 fully saturated rings. The number of para-hydroxylation sites is 1. The van der Waals surface area contributed by atoms with Crippen molar-refractivity contribution < 1.29 is 14.1 Å². The quantitative estimate of drug-likeness (QED) is 0.504. The topological polar surface area (TPSA) is 90.4 Å². The zero-order chi connectivity index (χ0) is 14.7. The van der Waals surface area contributed by atoms with Crippen LogP contribution in [0.15, 0.2) is 22.7 Å². The maximum atomic E-state index is 11.7. The molecular formula is C14H17N3O3. The third-order valence-corrected chi connectivity index (χ3v) is 3.13. The van der Waals surface area contributed by atoms with Crippen LogP contribution in [0.2, 0.25) is 0 Å². The smallest absolute Gasteiger partial charge is 0.268 e. The number of benzene rings is 1. The molecule has 106 valence electrons. The Labute approximate surface area is 116 Å². The Morgan fingerprint density at radius 3 is 2.75 bits per heavy atom. The molecule has 6 nitrogen and oxygen atoms in total. The minimum absolute atomic E-state index is 0.289. The standard InChI is InChI=1S/C14H17N3O3/c1-8-5-4-6-11(14(18)16-15)13(8)19-7-12-9(2)17-20-10(12)3/h4-6H,7,15H2,1-3H3,(H,16,18). The van der Waals surface area contributed by atoms with E-state index in [4.69, 9.17) is 15.1 Å². The number of nitrogens with one attached hydrogen (secondary N) is 1. The van der Waals surface area contributed by atoms with Gasteiger partial charge in [0, 0.05) is 0 Å². The second-order valence-corrected chi connectivity index (χ2v) is 4.52. The fourth-order valence-corrected chi connectivity index (χ4v) is 1.95. The summed E-state index contributed by atoms with van der Waals surface area (Å²) in [6, 6.07) is 5.32. The second kappa shape index (κ2) is 5.75. The number of rotatable bonds is 4. The molecular weight excluding hydrogens is 258 g/mol. The lowest BCUT2D eigenvalue weighted by molar-refractivity contribution is 0.0949. The number of nitrogens with zero attached hydrogens (tertiary/aromatic N) is 1. The van der Waals surface area contributed by atoms with Crippen molar-refractivity contribution >= 4 is 5.91 Å². The lowest BCUT2D eigenvalue weighted by atomic mass is 10.1. The third-order valence-electron chi connectivity index (χ3n) is 3.13. The molecule has 6 heteroatoms. The van der Waals surface area contributed by atoms with Gasteiger partial charge in [-0.2, -0.15) is 0 Å². The van der Waals surface area contributed by atoms with E-state index in [1.165, 1.54) is 0 Å². The van der Waals surface area contributed by atoms with Gasteiger partial charge < -0.3 is 9.26 Å². The summed E-state index contributed by atoms with van der Waals surface area (Å²) >= 11 is 0. The van der Waals surface area contributed by atoms with Crippen LogP contribution in [0.3, 0.4) is 0 Å². The molecule has 0 radical (unpaired) electrons. The van der Waals surface area contributed by atoms with Crippen LogP contribution in [0.1, 0.15) is 32.9 Å². The van der Waals surface area contributed by atoms with E-state index in [1.807, 2.05) is 26.8 Å². The van der Waals surface area contributed by atoms with E-state index in [9.17, 15) is 4.79 Å². The minimum atomic E-state index is -0.387. The van der Waals surface area contributed by atoms with Crippen LogP contribution < -0.4 is 16.0 Å². The van der Waals surface area contributed by atoms with Crippen molar-refractivity contribution in [1.29, 1.82) is 0 Å². The monoisotopic (exact) mass is 275 g/mol. The van der Waals surface area contributed by atoms with Crippen LogP contribution in [-0.2, 0) is 6.61 Å². The van der Waals surface area contributed by atoms with Crippen LogP contribution in [-0.4, -0.2) is 11.1 Å². The number of aryl methyl sites for hydroxylation is 3. The van der Waals surface area contributed by atoms with Crippen LogP contribution in [0.25, 0.3) is 0 Å². The SMILES string of the molecule is Cc1cccc(C(=O)NN)c1OCc1c(C)noc1C. The maximum absolute atomic E-state index is 11.7. The molecule has 0 aliphatic heterocycles. The summed E-state index contributed by atoms with van der Waals surface area (Å²) in [6.45, 7) is 5.83. The van der Waals surface area contributed by atoms with Crippen LogP contribution in [0.5, 0.6) is 5.75 Å². The number of carbonyl (C=O) groups is 1. The van der Waals surface area contributed by atoms with Gasteiger partial charge in [-0.3, -0.25) is 10.2 Å². The van der Waals surface area contributed by atoms with E-state index in [1.54, 1.807) is 12.1 Å². The van der Waals surface area contributed by atoms with E-state index in [-0.39, 0.29) is 12.5 Å². The molecule has 0 unspecified atom stereocenters. The van der Waals surface area contributed by atoms with Gasteiger partial charge in [-0.05, 0) is 32.4 Å². The zero-order valence-corrected chi connectivity index (χ0v) is 11.7. The Kier molecular flexibility index (Phi) is 4.05. The number of carbonyl (C=O) groups excluding carboxylic acids is 1. The molecule has 2 aromatic rings. The Morgan fingerprint density at radius 1 is 1.40 bits per heavy atom. The van der Waals surface area contributed by atoms with Crippen LogP contribution in [0, 0.1) is 20.8 Å². The van der Waals surface area contributed by atoms with Gasteiger partial charge in [0.15, 0.2) is 0 Å². The first-order valence-corrected chi connectivity index (χ1v) is 6.19. The van der Waals surface area contributed by atoms with E-state index in [0.717, 1.165) is 16.8 Å². The number of nitrogens with two attached hydrogens (primary N) is 1. The molecule has 0 saturated carbocycles. The summed E-state index contributed by atoms with van der Waals surface area (Å²) in [5, 5.41) is 3.87. The normalized spacial score (nSPS) is 10.4. The van der Waals surface area contributed by atoms with E-state index in [2.05, 4.69) is 10.6 Å². The first-order chi connectivity index (χ1) is 9.54. The molecule has 3 N–H and O–H groups in total. The zero-order valence-electron chi connectivity index (χ0n) is 11.7. The molecule has 1 aromatic carbocycles. The van der Waals surface area contributed by atoms with Crippen molar-refractivity contribution in [3.05, 3.63) is 46.3 Å². The van der Waals surface area contributed by atoms with E-state index in [0.29, 0.717) is 17.1 Å². The molecule has 1 aromatic heterocycles.